The van der Waals surface area contributed by atoms with Crippen molar-refractivity contribution in [3.8, 4) is 5.75 Å². The molecule has 0 saturated carbocycles. The molecule has 0 amide bonds. The van der Waals surface area contributed by atoms with Gasteiger partial charge in [-0.2, -0.15) is 0 Å². The summed E-state index contributed by atoms with van der Waals surface area (Å²) in [4.78, 5) is 33.2. The van der Waals surface area contributed by atoms with Crippen LogP contribution in [0.25, 0.3) is 6.08 Å². The first-order valence-electron chi connectivity index (χ1n) is 7.84. The van der Waals surface area contributed by atoms with Crippen LogP contribution >= 0.6 is 0 Å². The third kappa shape index (κ3) is 5.17. The molecule has 130 valence electrons. The summed E-state index contributed by atoms with van der Waals surface area (Å²) in [6, 6.07) is 11.4. The van der Waals surface area contributed by atoms with Gasteiger partial charge in [-0.25, -0.2) is 4.79 Å². The minimum atomic E-state index is -1.60. The molecule has 6 heteroatoms. The molecule has 1 aromatic heterocycles. The lowest BCUT2D eigenvalue weighted by atomic mass is 10.2. The van der Waals surface area contributed by atoms with E-state index in [4.69, 9.17) is 9.84 Å². The third-order valence-corrected chi connectivity index (χ3v) is 3.49. The summed E-state index contributed by atoms with van der Waals surface area (Å²) in [5.74, 6) is -2.46. The highest BCUT2D eigenvalue weighted by Gasteiger charge is 2.14. The number of hydrogen-bond donors (Lipinski definition) is 1. The zero-order valence-electron chi connectivity index (χ0n) is 13.8. The first kappa shape index (κ1) is 18.2. The van der Waals surface area contributed by atoms with Gasteiger partial charge >= 0.3 is 5.97 Å². The van der Waals surface area contributed by atoms with Crippen LogP contribution in [0.15, 0.2) is 48.7 Å². The molecular weight excluding hydrogens is 322 g/mol. The van der Waals surface area contributed by atoms with Crippen LogP contribution in [0.5, 0.6) is 5.75 Å². The van der Waals surface area contributed by atoms with E-state index in [1.165, 1.54) is 6.08 Å². The summed E-state index contributed by atoms with van der Waals surface area (Å²) < 4.78 is 7.54. The van der Waals surface area contributed by atoms with Crippen LogP contribution in [-0.2, 0) is 20.9 Å². The fourth-order valence-electron chi connectivity index (χ4n) is 2.31. The number of carboxylic acids is 1. The quantitative estimate of drug-likeness (QED) is 0.430. The smallest absolute Gasteiger partial charge is 0.372 e. The fraction of sp³-hybridized carbons (Fsp3) is 0.211. The molecule has 2 aromatic rings. The Hall–Kier alpha value is -3.15. The van der Waals surface area contributed by atoms with Gasteiger partial charge in [-0.15, -0.1) is 0 Å². The first-order chi connectivity index (χ1) is 12.0. The molecule has 0 unspecified atom stereocenters. The summed E-state index contributed by atoms with van der Waals surface area (Å²) in [7, 11) is 0. The van der Waals surface area contributed by atoms with Crippen LogP contribution in [0.2, 0.25) is 0 Å². The van der Waals surface area contributed by atoms with Crippen LogP contribution in [0.1, 0.15) is 24.6 Å². The molecule has 25 heavy (non-hydrogen) atoms. The molecule has 6 nitrogen and oxygen atoms in total. The number of hydrogen-bond acceptors (Lipinski definition) is 4. The number of allylic oxidation sites excluding steroid dienone is 1. The number of rotatable bonds is 9. The van der Waals surface area contributed by atoms with Crippen molar-refractivity contribution in [2.75, 3.05) is 6.61 Å². The maximum absolute atomic E-state index is 11.7. The van der Waals surface area contributed by atoms with E-state index < -0.39 is 24.0 Å². The van der Waals surface area contributed by atoms with Crippen molar-refractivity contribution in [2.24, 2.45) is 0 Å². The molecule has 2 rings (SSSR count). The SMILES string of the molecule is CCOc1ccccc1Cn1cccc1/C=C/C(=O)CC(=O)C(=O)O. The summed E-state index contributed by atoms with van der Waals surface area (Å²) >= 11 is 0. The maximum atomic E-state index is 11.7. The second-order valence-corrected chi connectivity index (χ2v) is 5.31. The predicted octanol–water partition coefficient (Wildman–Crippen LogP) is 2.56. The summed E-state index contributed by atoms with van der Waals surface area (Å²) in [6.07, 6.45) is 4.02. The number of benzene rings is 1. The molecule has 0 atom stereocenters. The average Bonchev–Trinajstić information content (AvgIpc) is 3.02. The lowest BCUT2D eigenvalue weighted by Gasteiger charge is -2.12. The Morgan fingerprint density at radius 1 is 1.16 bits per heavy atom. The van der Waals surface area contributed by atoms with Gasteiger partial charge in [0, 0.05) is 17.5 Å². The Labute approximate surface area is 145 Å². The van der Waals surface area contributed by atoms with Gasteiger partial charge in [0.05, 0.1) is 19.6 Å². The number of carboxylic acid groups (broad SMARTS) is 1. The highest BCUT2D eigenvalue weighted by Crippen LogP contribution is 2.20. The minimum absolute atomic E-state index is 0.546. The van der Waals surface area contributed by atoms with E-state index >= 15 is 0 Å². The average molecular weight is 341 g/mol. The molecule has 0 radical (unpaired) electrons. The predicted molar refractivity (Wildman–Crippen MR) is 92.4 cm³/mol. The van der Waals surface area contributed by atoms with E-state index in [0.717, 1.165) is 17.0 Å². The number of aromatic nitrogens is 1. The molecule has 0 saturated heterocycles. The standard InChI is InChI=1S/C19H19NO5/c1-2-25-18-8-4-3-6-14(18)13-20-11-5-7-15(20)9-10-16(21)12-17(22)19(23)24/h3-11H,2,12-13H2,1H3,(H,23,24)/b10-9+. The number of Topliss-reactive ketones (excluding diaryl/α,β-unsaturated/α-hetero) is 1. The van der Waals surface area contributed by atoms with Gasteiger partial charge in [-0.1, -0.05) is 18.2 Å². The topological polar surface area (TPSA) is 85.6 Å². The van der Waals surface area contributed by atoms with Crippen molar-refractivity contribution in [3.05, 3.63) is 59.9 Å². The molecule has 0 bridgehead atoms. The van der Waals surface area contributed by atoms with Gasteiger partial charge in [0.2, 0.25) is 5.78 Å². The number of carbonyl (C=O) groups excluding carboxylic acids is 2. The number of aliphatic carboxylic acids is 1. The second-order valence-electron chi connectivity index (χ2n) is 5.31. The highest BCUT2D eigenvalue weighted by atomic mass is 16.5. The van der Waals surface area contributed by atoms with E-state index in [-0.39, 0.29) is 0 Å². The number of ether oxygens (including phenoxy) is 1. The lowest BCUT2D eigenvalue weighted by molar-refractivity contribution is -0.149. The van der Waals surface area contributed by atoms with Gasteiger partial charge in [0.1, 0.15) is 5.75 Å². The number of carbonyl (C=O) groups is 3. The van der Waals surface area contributed by atoms with Gasteiger partial charge in [0.25, 0.3) is 0 Å². The highest BCUT2D eigenvalue weighted by molar-refractivity contribution is 6.37. The van der Waals surface area contributed by atoms with Crippen molar-refractivity contribution < 1.29 is 24.2 Å². The van der Waals surface area contributed by atoms with Crippen molar-refractivity contribution in [2.45, 2.75) is 19.9 Å². The molecular formula is C19H19NO5. The number of ketones is 2. The van der Waals surface area contributed by atoms with E-state index in [1.807, 2.05) is 54.1 Å². The maximum Gasteiger partial charge on any atom is 0.372 e. The first-order valence-corrected chi connectivity index (χ1v) is 7.84. The van der Waals surface area contributed by atoms with Crippen LogP contribution in [-0.4, -0.2) is 33.8 Å². The van der Waals surface area contributed by atoms with Crippen molar-refractivity contribution >= 4 is 23.6 Å². The summed E-state index contributed by atoms with van der Waals surface area (Å²) in [5.41, 5.74) is 1.77. The van der Waals surface area contributed by atoms with Crippen LogP contribution in [0.3, 0.4) is 0 Å². The molecule has 0 aliphatic heterocycles. The fourth-order valence-corrected chi connectivity index (χ4v) is 2.31. The monoisotopic (exact) mass is 341 g/mol. The minimum Gasteiger partial charge on any atom is -0.494 e. The molecule has 1 heterocycles. The molecule has 0 spiro atoms. The van der Waals surface area contributed by atoms with Crippen molar-refractivity contribution in [1.82, 2.24) is 4.57 Å². The van der Waals surface area contributed by atoms with Crippen LogP contribution in [0, 0.1) is 0 Å². The lowest BCUT2D eigenvalue weighted by Crippen LogP contribution is -2.15. The molecule has 0 fully saturated rings. The summed E-state index contributed by atoms with van der Waals surface area (Å²) in [6.45, 7) is 3.05. The van der Waals surface area contributed by atoms with E-state index in [1.54, 1.807) is 6.08 Å². The Morgan fingerprint density at radius 3 is 2.64 bits per heavy atom. The zero-order valence-corrected chi connectivity index (χ0v) is 13.8. The molecule has 1 N–H and O–H groups in total. The van der Waals surface area contributed by atoms with E-state index in [0.29, 0.717) is 13.2 Å². The van der Waals surface area contributed by atoms with Crippen molar-refractivity contribution in [1.29, 1.82) is 0 Å². The van der Waals surface area contributed by atoms with Gasteiger partial charge in [-0.3, -0.25) is 9.59 Å². The van der Waals surface area contributed by atoms with E-state index in [2.05, 4.69) is 0 Å². The number of para-hydroxylation sites is 1. The molecule has 0 aliphatic rings. The largest absolute Gasteiger partial charge is 0.494 e. The molecule has 0 aliphatic carbocycles. The van der Waals surface area contributed by atoms with E-state index in [9.17, 15) is 14.4 Å². The van der Waals surface area contributed by atoms with Gasteiger partial charge < -0.3 is 14.4 Å². The Balaban J connectivity index is 2.10. The van der Waals surface area contributed by atoms with Crippen LogP contribution in [0.4, 0.5) is 0 Å². The third-order valence-electron chi connectivity index (χ3n) is 3.49. The zero-order chi connectivity index (χ0) is 18.2. The number of nitrogens with zero attached hydrogens (tertiary/aromatic N) is 1. The Kier molecular flexibility index (Phi) is 6.28. The second kappa shape index (κ2) is 8.63. The normalized spacial score (nSPS) is 10.8. The van der Waals surface area contributed by atoms with Crippen molar-refractivity contribution in [3.63, 3.8) is 0 Å². The van der Waals surface area contributed by atoms with Gasteiger partial charge in [0.15, 0.2) is 5.78 Å². The Bertz CT molecular complexity index is 804. The van der Waals surface area contributed by atoms with Gasteiger partial charge in [-0.05, 0) is 37.3 Å². The summed E-state index contributed by atoms with van der Waals surface area (Å²) in [5, 5.41) is 8.52. The molecule has 1 aromatic carbocycles. The van der Waals surface area contributed by atoms with Crippen LogP contribution < -0.4 is 4.74 Å². The Morgan fingerprint density at radius 2 is 1.92 bits per heavy atom.